The number of hydrogen-bond donors (Lipinski definition) is 1. The van der Waals surface area contributed by atoms with Crippen molar-refractivity contribution < 1.29 is 9.53 Å². The van der Waals surface area contributed by atoms with Gasteiger partial charge < -0.3 is 15.0 Å². The average Bonchev–Trinajstić information content (AvgIpc) is 2.86. The van der Waals surface area contributed by atoms with Crippen LogP contribution in [0.1, 0.15) is 13.3 Å². The van der Waals surface area contributed by atoms with Crippen LogP contribution in [0.25, 0.3) is 0 Å². The maximum Gasteiger partial charge on any atom is 0.317 e. The number of amides is 2. The van der Waals surface area contributed by atoms with E-state index in [0.29, 0.717) is 13.2 Å². The molecule has 0 saturated carbocycles. The molecule has 0 fully saturated rings. The van der Waals surface area contributed by atoms with E-state index in [1.165, 1.54) is 0 Å². The van der Waals surface area contributed by atoms with E-state index >= 15 is 0 Å². The lowest BCUT2D eigenvalue weighted by Gasteiger charge is -2.21. The Balaban J connectivity index is 2.22. The minimum Gasteiger partial charge on any atom is -0.383 e. The Hall–Kier alpha value is -1.56. The van der Waals surface area contributed by atoms with Crippen LogP contribution >= 0.6 is 0 Å². The number of likely N-dealkylation sites (N-methyl/N-ethyl adjacent to an activating group) is 1. The fraction of sp³-hybridized carbons (Fsp3) is 0.667. The van der Waals surface area contributed by atoms with Crippen LogP contribution in [0.15, 0.2) is 18.5 Å². The average molecular weight is 254 g/mol. The molecule has 0 bridgehead atoms. The summed E-state index contributed by atoms with van der Waals surface area (Å²) in [5.41, 5.74) is 0. The van der Waals surface area contributed by atoms with Crippen molar-refractivity contribution in [2.75, 3.05) is 27.3 Å². The summed E-state index contributed by atoms with van der Waals surface area (Å²) in [6.45, 7) is 3.93. The zero-order valence-corrected chi connectivity index (χ0v) is 11.3. The third-order valence-corrected chi connectivity index (χ3v) is 2.70. The van der Waals surface area contributed by atoms with E-state index in [1.54, 1.807) is 25.3 Å². The summed E-state index contributed by atoms with van der Waals surface area (Å²) in [5.74, 6) is 0. The number of aryl methyl sites for hydroxylation is 1. The number of carbonyl (C=O) groups excluding carboxylic acids is 1. The molecule has 1 aromatic heterocycles. The van der Waals surface area contributed by atoms with Gasteiger partial charge in [0.1, 0.15) is 0 Å². The fourth-order valence-corrected chi connectivity index (χ4v) is 1.48. The molecule has 1 rings (SSSR count). The Bertz CT molecular complexity index is 340. The number of ether oxygens (including phenoxy) is 1. The van der Waals surface area contributed by atoms with Crippen LogP contribution in [0.5, 0.6) is 0 Å². The molecule has 0 aliphatic rings. The molecule has 0 saturated heterocycles. The van der Waals surface area contributed by atoms with Gasteiger partial charge in [-0.3, -0.25) is 4.68 Å². The summed E-state index contributed by atoms with van der Waals surface area (Å²) < 4.78 is 6.79. The zero-order chi connectivity index (χ0) is 13.4. The Morgan fingerprint density at radius 2 is 2.39 bits per heavy atom. The molecule has 6 nitrogen and oxygen atoms in total. The second-order valence-corrected chi connectivity index (χ2v) is 4.32. The molecule has 0 spiro atoms. The maximum atomic E-state index is 11.8. The Kier molecular flexibility index (Phi) is 6.21. The van der Waals surface area contributed by atoms with Crippen LogP contribution in [0.2, 0.25) is 0 Å². The molecule has 0 unspecified atom stereocenters. The van der Waals surface area contributed by atoms with Crippen molar-refractivity contribution in [3.63, 3.8) is 0 Å². The van der Waals surface area contributed by atoms with Gasteiger partial charge in [0.2, 0.25) is 0 Å². The fourth-order valence-electron chi connectivity index (χ4n) is 1.48. The Labute approximate surface area is 108 Å². The van der Waals surface area contributed by atoms with E-state index in [2.05, 4.69) is 10.4 Å². The summed E-state index contributed by atoms with van der Waals surface area (Å²) in [4.78, 5) is 13.4. The molecule has 0 aromatic carbocycles. The lowest BCUT2D eigenvalue weighted by molar-refractivity contribution is 0.158. The van der Waals surface area contributed by atoms with Crippen molar-refractivity contribution in [2.45, 2.75) is 25.9 Å². The number of hydrogen-bond acceptors (Lipinski definition) is 3. The highest BCUT2D eigenvalue weighted by Gasteiger charge is 2.11. The molecule has 0 aliphatic heterocycles. The molecule has 6 heteroatoms. The van der Waals surface area contributed by atoms with Gasteiger partial charge in [-0.25, -0.2) is 4.79 Å². The summed E-state index contributed by atoms with van der Waals surface area (Å²) in [6, 6.07) is 1.94. The van der Waals surface area contributed by atoms with Crippen molar-refractivity contribution in [2.24, 2.45) is 0 Å². The van der Waals surface area contributed by atoms with Crippen LogP contribution in [-0.2, 0) is 11.3 Å². The summed E-state index contributed by atoms with van der Waals surface area (Å²) >= 11 is 0. The minimum atomic E-state index is -0.0694. The highest BCUT2D eigenvalue weighted by molar-refractivity contribution is 5.74. The number of nitrogens with one attached hydrogen (secondary N) is 1. The Morgan fingerprint density at radius 3 is 3.00 bits per heavy atom. The molecule has 1 N–H and O–H groups in total. The number of nitrogens with zero attached hydrogens (tertiary/aromatic N) is 3. The molecular formula is C12H22N4O2. The van der Waals surface area contributed by atoms with Gasteiger partial charge in [-0.05, 0) is 19.4 Å². The van der Waals surface area contributed by atoms with Crippen LogP contribution in [-0.4, -0.2) is 54.1 Å². The van der Waals surface area contributed by atoms with Crippen LogP contribution < -0.4 is 5.32 Å². The first-order valence-corrected chi connectivity index (χ1v) is 6.11. The zero-order valence-electron chi connectivity index (χ0n) is 11.3. The first-order chi connectivity index (χ1) is 8.63. The molecule has 0 radical (unpaired) electrons. The number of carbonyl (C=O) groups is 1. The third-order valence-electron chi connectivity index (χ3n) is 2.70. The smallest absolute Gasteiger partial charge is 0.317 e. The molecular weight excluding hydrogens is 232 g/mol. The van der Waals surface area contributed by atoms with Gasteiger partial charge in [-0.2, -0.15) is 5.10 Å². The SMILES string of the molecule is COCCN(C)C(=O)N[C@@H](C)CCn1cccn1. The molecule has 18 heavy (non-hydrogen) atoms. The minimum absolute atomic E-state index is 0.0694. The molecule has 102 valence electrons. The number of aromatic nitrogens is 2. The van der Waals surface area contributed by atoms with Crippen molar-refractivity contribution in [3.05, 3.63) is 18.5 Å². The monoisotopic (exact) mass is 254 g/mol. The van der Waals surface area contributed by atoms with Gasteiger partial charge in [0, 0.05) is 45.7 Å². The van der Waals surface area contributed by atoms with E-state index < -0.39 is 0 Å². The van der Waals surface area contributed by atoms with Gasteiger partial charge in [-0.1, -0.05) is 0 Å². The van der Waals surface area contributed by atoms with Crippen molar-refractivity contribution in [1.29, 1.82) is 0 Å². The lowest BCUT2D eigenvalue weighted by Crippen LogP contribution is -2.43. The van der Waals surface area contributed by atoms with E-state index in [-0.39, 0.29) is 12.1 Å². The van der Waals surface area contributed by atoms with Gasteiger partial charge in [0.05, 0.1) is 6.61 Å². The van der Waals surface area contributed by atoms with Gasteiger partial charge in [0.15, 0.2) is 0 Å². The van der Waals surface area contributed by atoms with Crippen molar-refractivity contribution >= 4 is 6.03 Å². The highest BCUT2D eigenvalue weighted by atomic mass is 16.5. The van der Waals surface area contributed by atoms with Crippen molar-refractivity contribution in [3.8, 4) is 0 Å². The first kappa shape index (κ1) is 14.5. The lowest BCUT2D eigenvalue weighted by atomic mass is 10.2. The highest BCUT2D eigenvalue weighted by Crippen LogP contribution is 1.96. The Morgan fingerprint density at radius 1 is 1.61 bits per heavy atom. The molecule has 1 aromatic rings. The molecule has 2 amide bonds. The summed E-state index contributed by atoms with van der Waals surface area (Å²) in [6.07, 6.45) is 4.52. The normalized spacial score (nSPS) is 12.2. The van der Waals surface area contributed by atoms with E-state index in [9.17, 15) is 4.79 Å². The second kappa shape index (κ2) is 7.71. The standard InChI is InChI=1S/C12H22N4O2/c1-11(5-8-16-7-4-6-13-16)14-12(17)15(2)9-10-18-3/h4,6-7,11H,5,8-10H2,1-3H3,(H,14,17)/t11-/m0/s1. The number of urea groups is 1. The predicted molar refractivity (Wildman–Crippen MR) is 69.3 cm³/mol. The van der Waals surface area contributed by atoms with Gasteiger partial charge in [0.25, 0.3) is 0 Å². The second-order valence-electron chi connectivity index (χ2n) is 4.32. The number of rotatable bonds is 7. The molecule has 0 aliphatic carbocycles. The van der Waals surface area contributed by atoms with Gasteiger partial charge in [-0.15, -0.1) is 0 Å². The van der Waals surface area contributed by atoms with Crippen molar-refractivity contribution in [1.82, 2.24) is 20.0 Å². The van der Waals surface area contributed by atoms with E-state index in [0.717, 1.165) is 13.0 Å². The van der Waals surface area contributed by atoms with Crippen LogP contribution in [0.4, 0.5) is 4.79 Å². The number of methoxy groups -OCH3 is 1. The largest absolute Gasteiger partial charge is 0.383 e. The van der Waals surface area contributed by atoms with Gasteiger partial charge >= 0.3 is 6.03 Å². The summed E-state index contributed by atoms with van der Waals surface area (Å²) in [7, 11) is 3.38. The van der Waals surface area contributed by atoms with E-state index in [1.807, 2.05) is 23.9 Å². The predicted octanol–water partition coefficient (Wildman–Crippen LogP) is 0.949. The third kappa shape index (κ3) is 5.18. The summed E-state index contributed by atoms with van der Waals surface area (Å²) in [5, 5.41) is 7.06. The maximum absolute atomic E-state index is 11.8. The molecule has 1 atom stereocenters. The molecule has 1 heterocycles. The first-order valence-electron chi connectivity index (χ1n) is 6.11. The quantitative estimate of drug-likeness (QED) is 0.788. The van der Waals surface area contributed by atoms with Crippen LogP contribution in [0.3, 0.4) is 0 Å². The van der Waals surface area contributed by atoms with Crippen LogP contribution in [0, 0.1) is 0 Å². The topological polar surface area (TPSA) is 59.4 Å². The van der Waals surface area contributed by atoms with E-state index in [4.69, 9.17) is 4.74 Å².